The van der Waals surface area contributed by atoms with E-state index in [1.165, 1.54) is 64.2 Å². The normalized spacial score (nSPS) is 21.4. The van der Waals surface area contributed by atoms with Gasteiger partial charge in [-0.05, 0) is 119 Å². The molecule has 55 heavy (non-hydrogen) atoms. The molecular weight excluding hydrogens is 685 g/mol. The first-order chi connectivity index (χ1) is 26.0. The van der Waals surface area contributed by atoms with Crippen molar-refractivity contribution in [3.8, 4) is 0 Å². The summed E-state index contributed by atoms with van der Waals surface area (Å²) in [6.07, 6.45) is 23.6. The topological polar surface area (TPSA) is 114 Å². The van der Waals surface area contributed by atoms with Gasteiger partial charge in [0, 0.05) is 34.2 Å². The van der Waals surface area contributed by atoms with E-state index in [1.807, 2.05) is 0 Å². The van der Waals surface area contributed by atoms with Crippen LogP contribution in [0.1, 0.15) is 212 Å². The van der Waals surface area contributed by atoms with Gasteiger partial charge in [-0.1, -0.05) is 105 Å². The first kappa shape index (κ1) is 47.6. The van der Waals surface area contributed by atoms with Gasteiger partial charge in [0.05, 0.1) is 13.2 Å². The zero-order valence-electron chi connectivity index (χ0n) is 38.0. The number of nitrogen functional groups attached to an aromatic ring is 1. The van der Waals surface area contributed by atoms with Crippen molar-refractivity contribution in [1.29, 1.82) is 0 Å². The lowest BCUT2D eigenvalue weighted by molar-refractivity contribution is -0.289. The van der Waals surface area contributed by atoms with Gasteiger partial charge >= 0.3 is 0 Å². The third kappa shape index (κ3) is 14.9. The van der Waals surface area contributed by atoms with Crippen molar-refractivity contribution in [2.75, 3.05) is 29.6 Å². The number of nitrogens with zero attached hydrogens (tertiary/aromatic N) is 5. The summed E-state index contributed by atoms with van der Waals surface area (Å²) in [4.78, 5) is 27.4. The molecule has 0 saturated carbocycles. The maximum absolute atomic E-state index is 6.58. The Morgan fingerprint density at radius 3 is 1.18 bits per heavy atom. The van der Waals surface area contributed by atoms with E-state index >= 15 is 0 Å². The molecular formula is C45H88N8O2. The molecule has 1 aromatic heterocycles. The van der Waals surface area contributed by atoms with E-state index in [2.05, 4.69) is 114 Å². The summed E-state index contributed by atoms with van der Waals surface area (Å²) in [6.45, 7) is 29.4. The van der Waals surface area contributed by atoms with Crippen LogP contribution in [-0.4, -0.2) is 72.5 Å². The van der Waals surface area contributed by atoms with Crippen molar-refractivity contribution < 1.29 is 9.68 Å². The fourth-order valence-electron chi connectivity index (χ4n) is 10.4. The van der Waals surface area contributed by atoms with Crippen molar-refractivity contribution >= 4 is 17.8 Å². The number of piperidine rings is 2. The summed E-state index contributed by atoms with van der Waals surface area (Å²) in [5.74, 6) is 2.25. The summed E-state index contributed by atoms with van der Waals surface area (Å²) < 4.78 is 0. The van der Waals surface area contributed by atoms with Crippen molar-refractivity contribution in [1.82, 2.24) is 25.1 Å². The lowest BCUT2D eigenvalue weighted by Gasteiger charge is -2.55. The first-order valence-electron chi connectivity index (χ1n) is 22.9. The largest absolute Gasteiger partial charge is 0.368 e. The van der Waals surface area contributed by atoms with Crippen LogP contribution in [0.15, 0.2) is 0 Å². The van der Waals surface area contributed by atoms with E-state index in [-0.39, 0.29) is 40.2 Å². The molecule has 2 aliphatic rings. The highest BCUT2D eigenvalue weighted by Gasteiger charge is 2.49. The van der Waals surface area contributed by atoms with Crippen molar-refractivity contribution in [3.63, 3.8) is 0 Å². The van der Waals surface area contributed by atoms with Crippen LogP contribution >= 0.6 is 0 Å². The number of rotatable bonds is 26. The number of nitrogens with one attached hydrogen (secondary N) is 2. The van der Waals surface area contributed by atoms with Gasteiger partial charge in [0.1, 0.15) is 0 Å². The quantitative estimate of drug-likeness (QED) is 0.0786. The minimum absolute atomic E-state index is 0.100. The molecule has 2 saturated heterocycles. The van der Waals surface area contributed by atoms with E-state index in [9.17, 15) is 0 Å². The molecule has 0 amide bonds. The Hall–Kier alpha value is -1.75. The van der Waals surface area contributed by atoms with Gasteiger partial charge < -0.3 is 16.4 Å². The number of unbranched alkanes of at least 4 members (excludes halogenated alkanes) is 10. The third-order valence-electron chi connectivity index (χ3n) is 12.3. The molecule has 2 atom stereocenters. The van der Waals surface area contributed by atoms with Crippen LogP contribution in [0, 0.1) is 11.8 Å². The third-order valence-corrected chi connectivity index (χ3v) is 12.3. The van der Waals surface area contributed by atoms with Gasteiger partial charge in [-0.25, -0.2) is 0 Å². The summed E-state index contributed by atoms with van der Waals surface area (Å²) in [5, 5.41) is 12.2. The minimum Gasteiger partial charge on any atom is -0.368 e. The average molecular weight is 773 g/mol. The van der Waals surface area contributed by atoms with Gasteiger partial charge in [0.25, 0.3) is 0 Å². The van der Waals surface area contributed by atoms with Crippen molar-refractivity contribution in [2.45, 2.75) is 246 Å². The summed E-state index contributed by atoms with van der Waals surface area (Å²) in [6, 6.07) is 0.431. The highest BCUT2D eigenvalue weighted by molar-refractivity contribution is 5.41. The van der Waals surface area contributed by atoms with Crippen LogP contribution in [0.2, 0.25) is 0 Å². The maximum atomic E-state index is 6.58. The molecule has 0 bridgehead atoms. The van der Waals surface area contributed by atoms with E-state index in [0.717, 1.165) is 77.4 Å². The first-order valence-corrected chi connectivity index (χ1v) is 22.9. The molecule has 2 unspecified atom stereocenters. The number of hydrogen-bond acceptors (Lipinski definition) is 10. The molecule has 320 valence electrons. The second-order valence-corrected chi connectivity index (χ2v) is 19.8. The van der Waals surface area contributed by atoms with E-state index in [1.54, 1.807) is 0 Å². The van der Waals surface area contributed by atoms with Crippen LogP contribution in [0.4, 0.5) is 17.8 Å². The van der Waals surface area contributed by atoms with Crippen LogP contribution in [0.3, 0.4) is 0 Å². The van der Waals surface area contributed by atoms with Crippen LogP contribution in [0.25, 0.3) is 0 Å². The number of hydrogen-bond donors (Lipinski definition) is 3. The number of anilines is 3. The lowest BCUT2D eigenvalue weighted by atomic mass is 9.71. The molecule has 3 rings (SSSR count). The zero-order chi connectivity index (χ0) is 40.7. The highest BCUT2D eigenvalue weighted by Crippen LogP contribution is 2.45. The smallest absolute Gasteiger partial charge is 0.229 e. The predicted octanol–water partition coefficient (Wildman–Crippen LogP) is 11.7. The summed E-state index contributed by atoms with van der Waals surface area (Å²) >= 11 is 0. The monoisotopic (exact) mass is 773 g/mol. The Bertz CT molecular complexity index is 1100. The molecule has 2 fully saturated rings. The number of aromatic nitrogens is 3. The Kier molecular flexibility index (Phi) is 19.4. The molecule has 10 nitrogen and oxygen atoms in total. The van der Waals surface area contributed by atoms with Gasteiger partial charge in [0.2, 0.25) is 17.8 Å². The zero-order valence-corrected chi connectivity index (χ0v) is 38.0. The standard InChI is InChI=1S/C45H88N8O2/c1-13-17-19-21-23-25-29-54-52-42(5,6)31-35(32-43(52,7)8)37(27-15-3)47-40-49-39(46)50-41(51-40)48-38(28-16-4)36-33-44(9,10)53(45(11,12)34-36)55-30-26-24-22-20-18-14-2/h35-38H,13-34H2,1-12H3,(H4,46,47,48,49,50,51). The molecule has 2 aliphatic heterocycles. The van der Waals surface area contributed by atoms with E-state index in [4.69, 9.17) is 20.4 Å². The Balaban J connectivity index is 1.69. The molecule has 0 aliphatic carbocycles. The molecule has 0 spiro atoms. The molecule has 3 heterocycles. The Labute approximate surface area is 339 Å². The second kappa shape index (κ2) is 22.4. The van der Waals surface area contributed by atoms with Gasteiger partial charge in [-0.15, -0.1) is 0 Å². The Morgan fingerprint density at radius 1 is 0.527 bits per heavy atom. The van der Waals surface area contributed by atoms with E-state index in [0.29, 0.717) is 23.7 Å². The van der Waals surface area contributed by atoms with Crippen molar-refractivity contribution in [3.05, 3.63) is 0 Å². The molecule has 4 N–H and O–H groups in total. The SMILES string of the molecule is CCCCCCCCON1C(C)(C)CC(C(CCC)Nc2nc(N)nc(NC(CCC)C3CC(C)(C)N(OCCCCCCCC)C(C)(C)C3)n2)CC1(C)C. The van der Waals surface area contributed by atoms with Gasteiger partial charge in [0.15, 0.2) is 0 Å². The summed E-state index contributed by atoms with van der Waals surface area (Å²) in [7, 11) is 0. The van der Waals surface area contributed by atoms with Gasteiger partial charge in [-0.3, -0.25) is 9.68 Å². The fraction of sp³-hybridized carbons (Fsp3) is 0.933. The lowest BCUT2D eigenvalue weighted by Crippen LogP contribution is -2.62. The van der Waals surface area contributed by atoms with E-state index < -0.39 is 0 Å². The number of hydroxylamine groups is 4. The maximum Gasteiger partial charge on any atom is 0.229 e. The van der Waals surface area contributed by atoms with Crippen LogP contribution in [0.5, 0.6) is 0 Å². The Morgan fingerprint density at radius 2 is 0.855 bits per heavy atom. The second-order valence-electron chi connectivity index (χ2n) is 19.8. The van der Waals surface area contributed by atoms with Gasteiger partial charge in [-0.2, -0.15) is 25.1 Å². The molecule has 0 aromatic carbocycles. The number of nitrogens with two attached hydrogens (primary N) is 1. The molecule has 0 radical (unpaired) electrons. The fourth-order valence-corrected chi connectivity index (χ4v) is 10.4. The highest BCUT2D eigenvalue weighted by atomic mass is 16.7. The predicted molar refractivity (Wildman–Crippen MR) is 233 cm³/mol. The summed E-state index contributed by atoms with van der Waals surface area (Å²) in [5.41, 5.74) is 6.02. The van der Waals surface area contributed by atoms with Crippen LogP contribution in [-0.2, 0) is 9.68 Å². The minimum atomic E-state index is -0.100. The average Bonchev–Trinajstić information content (AvgIpc) is 3.07. The van der Waals surface area contributed by atoms with Crippen molar-refractivity contribution in [2.24, 2.45) is 11.8 Å². The molecule has 1 aromatic rings. The molecule has 10 heteroatoms. The van der Waals surface area contributed by atoms with Crippen LogP contribution < -0.4 is 16.4 Å².